The van der Waals surface area contributed by atoms with Gasteiger partial charge < -0.3 is 16.4 Å². The monoisotopic (exact) mass is 263 g/mol. The van der Waals surface area contributed by atoms with Gasteiger partial charge >= 0.3 is 0 Å². The maximum absolute atomic E-state index is 12.1. The third kappa shape index (κ3) is 3.71. The molecule has 0 bridgehead atoms. The van der Waals surface area contributed by atoms with Crippen LogP contribution in [0.2, 0.25) is 0 Å². The Labute approximate surface area is 113 Å². The van der Waals surface area contributed by atoms with Gasteiger partial charge in [0.2, 0.25) is 5.91 Å². The molecule has 0 aliphatic heterocycles. The molecule has 1 rings (SSSR count). The van der Waals surface area contributed by atoms with Gasteiger partial charge in [0.1, 0.15) is 0 Å². The second-order valence-corrected chi connectivity index (χ2v) is 5.24. The first-order valence-electron chi connectivity index (χ1n) is 6.14. The van der Waals surface area contributed by atoms with Crippen molar-refractivity contribution in [3.63, 3.8) is 0 Å². The molecule has 0 saturated heterocycles. The molecule has 1 aromatic rings. The predicted molar refractivity (Wildman–Crippen MR) is 75.8 cm³/mol. The van der Waals surface area contributed by atoms with Crippen LogP contribution in [-0.4, -0.2) is 25.4 Å². The van der Waals surface area contributed by atoms with Crippen molar-refractivity contribution in [2.24, 2.45) is 5.41 Å². The van der Waals surface area contributed by atoms with E-state index in [4.69, 9.17) is 5.73 Å². The normalized spacial score (nSPS) is 10.9. The average Bonchev–Trinajstić information content (AvgIpc) is 2.37. The zero-order valence-corrected chi connectivity index (χ0v) is 11.8. The number of benzene rings is 1. The molecule has 2 amide bonds. The van der Waals surface area contributed by atoms with Crippen LogP contribution >= 0.6 is 0 Å². The molecule has 0 fully saturated rings. The predicted octanol–water partition coefficient (Wildman–Crippen LogP) is 1.08. The fraction of sp³-hybridized carbons (Fsp3) is 0.429. The first kappa shape index (κ1) is 15.0. The number of anilines is 1. The summed E-state index contributed by atoms with van der Waals surface area (Å²) in [6.07, 6.45) is 0. The lowest BCUT2D eigenvalue weighted by molar-refractivity contribution is -0.128. The van der Waals surface area contributed by atoms with E-state index in [2.05, 4.69) is 10.6 Å². The SMILES string of the molecule is CNC(=O)C(C)(C)CNC(=O)c1cc(C)ccc1N. The van der Waals surface area contributed by atoms with Crippen molar-refractivity contribution >= 4 is 17.5 Å². The van der Waals surface area contributed by atoms with Crippen LogP contribution in [0.25, 0.3) is 0 Å². The van der Waals surface area contributed by atoms with E-state index >= 15 is 0 Å². The zero-order valence-electron chi connectivity index (χ0n) is 11.8. The molecule has 0 aliphatic carbocycles. The van der Waals surface area contributed by atoms with Crippen LogP contribution in [0.5, 0.6) is 0 Å². The number of rotatable bonds is 4. The average molecular weight is 263 g/mol. The fourth-order valence-electron chi connectivity index (χ4n) is 1.68. The summed E-state index contributed by atoms with van der Waals surface area (Å²) in [6, 6.07) is 5.28. The molecule has 0 atom stereocenters. The van der Waals surface area contributed by atoms with Gasteiger partial charge in [-0.3, -0.25) is 9.59 Å². The van der Waals surface area contributed by atoms with Crippen molar-refractivity contribution in [3.8, 4) is 0 Å². The van der Waals surface area contributed by atoms with Gasteiger partial charge in [-0.25, -0.2) is 0 Å². The van der Waals surface area contributed by atoms with E-state index in [1.54, 1.807) is 33.0 Å². The Morgan fingerprint density at radius 2 is 1.95 bits per heavy atom. The Morgan fingerprint density at radius 1 is 1.32 bits per heavy atom. The van der Waals surface area contributed by atoms with Crippen LogP contribution in [-0.2, 0) is 4.79 Å². The van der Waals surface area contributed by atoms with Crippen molar-refractivity contribution in [3.05, 3.63) is 29.3 Å². The standard InChI is InChI=1S/C14H21N3O2/c1-9-5-6-11(15)10(7-9)12(18)17-8-14(2,3)13(19)16-4/h5-7H,8,15H2,1-4H3,(H,16,19)(H,17,18). The summed E-state index contributed by atoms with van der Waals surface area (Å²) in [4.78, 5) is 23.7. The third-order valence-electron chi connectivity index (χ3n) is 2.99. The maximum atomic E-state index is 12.1. The minimum Gasteiger partial charge on any atom is -0.398 e. The maximum Gasteiger partial charge on any atom is 0.253 e. The second-order valence-electron chi connectivity index (χ2n) is 5.24. The summed E-state index contributed by atoms with van der Waals surface area (Å²) in [5.74, 6) is -0.386. The third-order valence-corrected chi connectivity index (χ3v) is 2.99. The summed E-state index contributed by atoms with van der Waals surface area (Å²) in [6.45, 7) is 5.68. The largest absolute Gasteiger partial charge is 0.398 e. The number of hydrogen-bond acceptors (Lipinski definition) is 3. The van der Waals surface area contributed by atoms with Gasteiger partial charge in [-0.2, -0.15) is 0 Å². The lowest BCUT2D eigenvalue weighted by Crippen LogP contribution is -2.43. The lowest BCUT2D eigenvalue weighted by atomic mass is 9.92. The molecule has 5 heteroatoms. The Kier molecular flexibility index (Phi) is 4.53. The number of nitrogens with one attached hydrogen (secondary N) is 2. The number of nitrogen functional groups attached to an aromatic ring is 1. The summed E-state index contributed by atoms with van der Waals surface area (Å²) >= 11 is 0. The number of carbonyl (C=O) groups is 2. The van der Waals surface area contributed by atoms with E-state index in [-0.39, 0.29) is 18.4 Å². The van der Waals surface area contributed by atoms with Gasteiger partial charge in [0.05, 0.1) is 11.0 Å². The van der Waals surface area contributed by atoms with Gasteiger partial charge in [0.15, 0.2) is 0 Å². The van der Waals surface area contributed by atoms with Gasteiger partial charge in [-0.05, 0) is 32.9 Å². The number of nitrogens with two attached hydrogens (primary N) is 1. The molecule has 5 nitrogen and oxygen atoms in total. The molecule has 4 N–H and O–H groups in total. The van der Waals surface area contributed by atoms with Crippen molar-refractivity contribution in [2.45, 2.75) is 20.8 Å². The zero-order chi connectivity index (χ0) is 14.6. The van der Waals surface area contributed by atoms with Gasteiger partial charge in [-0.15, -0.1) is 0 Å². The summed E-state index contributed by atoms with van der Waals surface area (Å²) in [7, 11) is 1.57. The number of amides is 2. The molecule has 0 radical (unpaired) electrons. The van der Waals surface area contributed by atoms with Crippen molar-refractivity contribution in [1.29, 1.82) is 0 Å². The molecular formula is C14H21N3O2. The highest BCUT2D eigenvalue weighted by Crippen LogP contribution is 2.16. The summed E-state index contributed by atoms with van der Waals surface area (Å²) in [5, 5.41) is 5.32. The first-order chi connectivity index (χ1) is 8.77. The highest BCUT2D eigenvalue weighted by Gasteiger charge is 2.27. The van der Waals surface area contributed by atoms with Gasteiger partial charge in [0, 0.05) is 19.3 Å². The Balaban J connectivity index is 2.76. The molecule has 104 valence electrons. The number of hydrogen-bond donors (Lipinski definition) is 3. The first-order valence-corrected chi connectivity index (χ1v) is 6.14. The summed E-state index contributed by atoms with van der Waals surface area (Å²) < 4.78 is 0. The van der Waals surface area contributed by atoms with Gasteiger partial charge in [0.25, 0.3) is 5.91 Å². The van der Waals surface area contributed by atoms with Crippen molar-refractivity contribution in [2.75, 3.05) is 19.3 Å². The van der Waals surface area contributed by atoms with Crippen LogP contribution in [0, 0.1) is 12.3 Å². The van der Waals surface area contributed by atoms with E-state index in [1.165, 1.54) is 0 Å². The lowest BCUT2D eigenvalue weighted by Gasteiger charge is -2.23. The van der Waals surface area contributed by atoms with Crippen LogP contribution < -0.4 is 16.4 Å². The highest BCUT2D eigenvalue weighted by molar-refractivity contribution is 5.99. The Hall–Kier alpha value is -2.04. The van der Waals surface area contributed by atoms with E-state index in [0.717, 1.165) is 5.56 Å². The second kappa shape index (κ2) is 5.73. The molecule has 0 unspecified atom stereocenters. The molecular weight excluding hydrogens is 242 g/mol. The Morgan fingerprint density at radius 3 is 2.53 bits per heavy atom. The minimum absolute atomic E-state index is 0.120. The topological polar surface area (TPSA) is 84.2 Å². The van der Waals surface area contributed by atoms with Crippen LogP contribution in [0.1, 0.15) is 29.8 Å². The molecule has 0 heterocycles. The fourth-order valence-corrected chi connectivity index (χ4v) is 1.68. The van der Waals surface area contributed by atoms with Crippen molar-refractivity contribution < 1.29 is 9.59 Å². The highest BCUT2D eigenvalue weighted by atomic mass is 16.2. The van der Waals surface area contributed by atoms with Crippen LogP contribution in [0.3, 0.4) is 0 Å². The van der Waals surface area contributed by atoms with E-state index < -0.39 is 5.41 Å². The van der Waals surface area contributed by atoms with Crippen LogP contribution in [0.15, 0.2) is 18.2 Å². The molecule has 19 heavy (non-hydrogen) atoms. The molecule has 1 aromatic carbocycles. The van der Waals surface area contributed by atoms with Crippen LogP contribution in [0.4, 0.5) is 5.69 Å². The summed E-state index contributed by atoms with van der Waals surface area (Å²) in [5.41, 5.74) is 6.94. The van der Waals surface area contributed by atoms with E-state index in [1.807, 2.05) is 13.0 Å². The molecule has 0 aliphatic rings. The van der Waals surface area contributed by atoms with Crippen molar-refractivity contribution in [1.82, 2.24) is 10.6 Å². The smallest absolute Gasteiger partial charge is 0.253 e. The molecule has 0 spiro atoms. The quantitative estimate of drug-likeness (QED) is 0.711. The number of aryl methyl sites for hydroxylation is 1. The number of carbonyl (C=O) groups excluding carboxylic acids is 2. The minimum atomic E-state index is -0.664. The van der Waals surface area contributed by atoms with E-state index in [9.17, 15) is 9.59 Å². The van der Waals surface area contributed by atoms with E-state index in [0.29, 0.717) is 11.3 Å². The molecule has 0 saturated carbocycles. The molecule has 0 aromatic heterocycles. The van der Waals surface area contributed by atoms with Gasteiger partial charge in [-0.1, -0.05) is 11.6 Å². The Bertz CT molecular complexity index is 495.